The molecule has 0 spiro atoms. The van der Waals surface area contributed by atoms with Crippen LogP contribution in [-0.4, -0.2) is 43.9 Å². The number of hydrogen-bond acceptors (Lipinski definition) is 6. The molecule has 0 aliphatic carbocycles. The molecule has 0 bridgehead atoms. The molecular weight excluding hydrogens is 288 g/mol. The average Bonchev–Trinajstić information content (AvgIpc) is 2.71. The lowest BCUT2D eigenvalue weighted by Crippen LogP contribution is -2.42. The molecule has 3 amide bonds. The highest BCUT2D eigenvalue weighted by Gasteiger charge is 2.46. The average molecular weight is 306 g/mol. The number of hydrazone groups is 1. The lowest BCUT2D eigenvalue weighted by Gasteiger charge is -2.17. The Kier molecular flexibility index (Phi) is 4.14. The van der Waals surface area contributed by atoms with E-state index >= 15 is 0 Å². The molecule has 0 unspecified atom stereocenters. The first-order chi connectivity index (χ1) is 10.3. The summed E-state index contributed by atoms with van der Waals surface area (Å²) in [7, 11) is 0. The molecule has 0 aromatic carbocycles. The predicted molar refractivity (Wildman–Crippen MR) is 78.2 cm³/mol. The van der Waals surface area contributed by atoms with Crippen molar-refractivity contribution in [3.05, 3.63) is 23.0 Å². The van der Waals surface area contributed by atoms with E-state index in [-0.39, 0.29) is 17.9 Å². The fourth-order valence-corrected chi connectivity index (χ4v) is 2.05. The number of rotatable bonds is 4. The van der Waals surface area contributed by atoms with Gasteiger partial charge in [-0.05, 0) is 20.3 Å². The first-order valence-electron chi connectivity index (χ1n) is 6.83. The monoisotopic (exact) mass is 306 g/mol. The number of amides is 3. The zero-order valence-corrected chi connectivity index (χ0v) is 12.6. The van der Waals surface area contributed by atoms with Crippen molar-refractivity contribution in [2.24, 2.45) is 5.10 Å². The Morgan fingerprint density at radius 1 is 1.50 bits per heavy atom. The van der Waals surface area contributed by atoms with E-state index in [1.165, 1.54) is 12.4 Å². The van der Waals surface area contributed by atoms with E-state index < -0.39 is 17.5 Å². The second-order valence-electron chi connectivity index (χ2n) is 5.27. The number of hydrogen-bond donors (Lipinski definition) is 3. The third-order valence-corrected chi connectivity index (χ3v) is 3.78. The topological polar surface area (TPSA) is 115 Å². The zero-order chi connectivity index (χ0) is 16.5. The van der Waals surface area contributed by atoms with Crippen LogP contribution < -0.4 is 5.32 Å². The maximum absolute atomic E-state index is 12.2. The largest absolute Gasteiger partial charge is 0.505 e. The fourth-order valence-electron chi connectivity index (χ4n) is 2.05. The van der Waals surface area contributed by atoms with E-state index in [4.69, 9.17) is 0 Å². The lowest BCUT2D eigenvalue weighted by molar-refractivity contribution is -0.130. The van der Waals surface area contributed by atoms with Crippen molar-refractivity contribution in [1.29, 1.82) is 0 Å². The highest BCUT2D eigenvalue weighted by molar-refractivity contribution is 6.07. The van der Waals surface area contributed by atoms with Crippen LogP contribution in [0.2, 0.25) is 0 Å². The van der Waals surface area contributed by atoms with E-state index in [1.54, 1.807) is 20.8 Å². The van der Waals surface area contributed by atoms with Gasteiger partial charge in [0.15, 0.2) is 0 Å². The van der Waals surface area contributed by atoms with Crippen LogP contribution in [0.4, 0.5) is 4.79 Å². The van der Waals surface area contributed by atoms with Crippen LogP contribution >= 0.6 is 0 Å². The van der Waals surface area contributed by atoms with Crippen molar-refractivity contribution >= 4 is 18.2 Å². The van der Waals surface area contributed by atoms with Gasteiger partial charge in [-0.1, -0.05) is 6.92 Å². The number of nitrogens with zero attached hydrogens (tertiary/aromatic N) is 3. The minimum atomic E-state index is -0.982. The van der Waals surface area contributed by atoms with Crippen LogP contribution in [0.5, 0.6) is 5.75 Å². The number of aromatic hydroxyl groups is 1. The fraction of sp³-hybridized carbons (Fsp3) is 0.429. The van der Waals surface area contributed by atoms with Crippen molar-refractivity contribution < 1.29 is 19.8 Å². The molecule has 8 heteroatoms. The molecule has 8 nitrogen and oxygen atoms in total. The van der Waals surface area contributed by atoms with E-state index in [2.05, 4.69) is 15.4 Å². The number of nitrogens with one attached hydrogen (secondary N) is 1. The molecule has 1 aliphatic heterocycles. The third-order valence-electron chi connectivity index (χ3n) is 3.78. The van der Waals surface area contributed by atoms with Crippen LogP contribution in [0.15, 0.2) is 11.3 Å². The number of aliphatic hydroxyl groups is 1. The first kappa shape index (κ1) is 15.9. The van der Waals surface area contributed by atoms with Gasteiger partial charge in [-0.25, -0.2) is 4.79 Å². The number of aliphatic hydroxyl groups excluding tert-OH is 1. The van der Waals surface area contributed by atoms with Gasteiger partial charge in [0.1, 0.15) is 11.3 Å². The maximum atomic E-state index is 12.2. The Bertz CT molecular complexity index is 658. The number of carbonyl (C=O) groups excluding carboxylic acids is 2. The quantitative estimate of drug-likeness (QED) is 0.558. The first-order valence-corrected chi connectivity index (χ1v) is 6.83. The molecular formula is C14H18N4O4. The summed E-state index contributed by atoms with van der Waals surface area (Å²) in [6, 6.07) is -0.624. The summed E-state index contributed by atoms with van der Waals surface area (Å²) < 4.78 is 0. The maximum Gasteiger partial charge on any atom is 0.346 e. The van der Waals surface area contributed by atoms with Gasteiger partial charge in [-0.3, -0.25) is 9.78 Å². The minimum Gasteiger partial charge on any atom is -0.505 e. The number of pyridine rings is 1. The summed E-state index contributed by atoms with van der Waals surface area (Å²) in [6.07, 6.45) is 3.01. The Hall–Kier alpha value is -2.48. The molecule has 1 aliphatic rings. The molecule has 22 heavy (non-hydrogen) atoms. The smallest absolute Gasteiger partial charge is 0.346 e. The molecule has 1 fully saturated rings. The molecule has 1 aromatic rings. The summed E-state index contributed by atoms with van der Waals surface area (Å²) >= 11 is 0. The zero-order valence-electron chi connectivity index (χ0n) is 12.6. The van der Waals surface area contributed by atoms with Gasteiger partial charge >= 0.3 is 6.03 Å². The standard InChI is InChI=1S/C14H18N4O4/c1-4-14(3)12(21)18(13(22)17-14)16-6-10-9(7-19)5-15-8(2)11(10)20/h5-6,19-20H,4,7H2,1-3H3,(H,17,22)/b16-6-/t14-/m1/s1. The number of aryl methyl sites for hydroxylation is 1. The minimum absolute atomic E-state index is 0.152. The second-order valence-corrected chi connectivity index (χ2v) is 5.27. The molecule has 0 radical (unpaired) electrons. The van der Waals surface area contributed by atoms with Gasteiger partial charge in [0.25, 0.3) is 5.91 Å². The van der Waals surface area contributed by atoms with Crippen LogP contribution in [0.25, 0.3) is 0 Å². The molecule has 3 N–H and O–H groups in total. The second kappa shape index (κ2) is 5.72. The summed E-state index contributed by atoms with van der Waals surface area (Å²) in [4.78, 5) is 28.0. The van der Waals surface area contributed by atoms with Crippen molar-refractivity contribution in [2.45, 2.75) is 39.3 Å². The third kappa shape index (κ3) is 2.52. The SMILES string of the molecule is CC[C@@]1(C)NC(=O)N(/N=C\c2c(CO)cnc(C)c2O)C1=O. The van der Waals surface area contributed by atoms with Crippen LogP contribution in [0.1, 0.15) is 37.1 Å². The lowest BCUT2D eigenvalue weighted by atomic mass is 10.00. The van der Waals surface area contributed by atoms with E-state index in [0.29, 0.717) is 17.7 Å². The van der Waals surface area contributed by atoms with Gasteiger partial charge < -0.3 is 15.5 Å². The Labute approximate surface area is 127 Å². The highest BCUT2D eigenvalue weighted by Crippen LogP contribution is 2.24. The molecule has 0 saturated carbocycles. The number of carbonyl (C=O) groups is 2. The molecule has 1 saturated heterocycles. The van der Waals surface area contributed by atoms with Gasteiger partial charge in [0.05, 0.1) is 18.5 Å². The predicted octanol–water partition coefficient (Wildman–Crippen LogP) is 0.642. The normalized spacial score (nSPS) is 21.7. The van der Waals surface area contributed by atoms with E-state index in [9.17, 15) is 19.8 Å². The highest BCUT2D eigenvalue weighted by atomic mass is 16.3. The Balaban J connectivity index is 2.36. The van der Waals surface area contributed by atoms with Crippen LogP contribution in [0, 0.1) is 6.92 Å². The number of aromatic nitrogens is 1. The molecule has 2 heterocycles. The van der Waals surface area contributed by atoms with Crippen LogP contribution in [0.3, 0.4) is 0 Å². The van der Waals surface area contributed by atoms with Gasteiger partial charge in [0, 0.05) is 17.3 Å². The summed E-state index contributed by atoms with van der Waals surface area (Å²) in [5.74, 6) is -0.618. The molecule has 1 atom stereocenters. The summed E-state index contributed by atoms with van der Waals surface area (Å²) in [5.41, 5.74) is -0.0585. The Morgan fingerprint density at radius 2 is 2.18 bits per heavy atom. The van der Waals surface area contributed by atoms with Gasteiger partial charge in [0.2, 0.25) is 0 Å². The van der Waals surface area contributed by atoms with Crippen molar-refractivity contribution in [3.8, 4) is 5.75 Å². The van der Waals surface area contributed by atoms with Crippen molar-refractivity contribution in [3.63, 3.8) is 0 Å². The van der Waals surface area contributed by atoms with Crippen molar-refractivity contribution in [1.82, 2.24) is 15.3 Å². The van der Waals surface area contributed by atoms with E-state index in [1.807, 2.05) is 0 Å². The number of imide groups is 1. The van der Waals surface area contributed by atoms with Crippen LogP contribution in [-0.2, 0) is 11.4 Å². The summed E-state index contributed by atoms with van der Waals surface area (Å²) in [6.45, 7) is 4.65. The van der Waals surface area contributed by atoms with Gasteiger partial charge in [-0.2, -0.15) is 5.10 Å². The van der Waals surface area contributed by atoms with E-state index in [0.717, 1.165) is 5.01 Å². The summed E-state index contributed by atoms with van der Waals surface area (Å²) in [5, 5.41) is 26.4. The van der Waals surface area contributed by atoms with Gasteiger partial charge in [-0.15, -0.1) is 5.01 Å². The molecule has 1 aromatic heterocycles. The number of urea groups is 1. The Morgan fingerprint density at radius 3 is 2.73 bits per heavy atom. The molecule has 118 valence electrons. The molecule has 2 rings (SSSR count). The van der Waals surface area contributed by atoms with Crippen molar-refractivity contribution in [2.75, 3.05) is 0 Å².